The molecule has 1 unspecified atom stereocenters. The van der Waals surface area contributed by atoms with Gasteiger partial charge in [-0.1, -0.05) is 36.4 Å². The summed E-state index contributed by atoms with van der Waals surface area (Å²) in [6.07, 6.45) is 1.54. The highest BCUT2D eigenvalue weighted by Crippen LogP contribution is 2.11. The molecule has 2 aromatic rings. The molecule has 0 aliphatic heterocycles. The van der Waals surface area contributed by atoms with E-state index >= 15 is 0 Å². The highest BCUT2D eigenvalue weighted by atomic mass is 16.1. The van der Waals surface area contributed by atoms with Crippen LogP contribution in [0, 0.1) is 11.3 Å². The number of nitrogens with zero attached hydrogens (tertiary/aromatic N) is 2. The van der Waals surface area contributed by atoms with Crippen molar-refractivity contribution in [2.75, 3.05) is 0 Å². The third-order valence-corrected chi connectivity index (χ3v) is 2.43. The second-order valence-electron chi connectivity index (χ2n) is 3.66. The number of pyridine rings is 1. The SMILES string of the molecule is N#CC(NC(=O)c1ccccn1)c1ccccc1. The molecular weight excluding hydrogens is 226 g/mol. The van der Waals surface area contributed by atoms with E-state index in [0.717, 1.165) is 5.56 Å². The van der Waals surface area contributed by atoms with Gasteiger partial charge in [0.1, 0.15) is 11.7 Å². The number of nitriles is 1. The molecule has 0 aliphatic carbocycles. The van der Waals surface area contributed by atoms with Crippen molar-refractivity contribution < 1.29 is 4.79 Å². The Balaban J connectivity index is 2.14. The molecule has 2 rings (SSSR count). The standard InChI is InChI=1S/C14H11N3O/c15-10-13(11-6-2-1-3-7-11)17-14(18)12-8-4-5-9-16-12/h1-9,13H,(H,17,18). The molecule has 0 spiro atoms. The van der Waals surface area contributed by atoms with Crippen LogP contribution in [0.3, 0.4) is 0 Å². The summed E-state index contributed by atoms with van der Waals surface area (Å²) >= 11 is 0. The van der Waals surface area contributed by atoms with Gasteiger partial charge in [0.15, 0.2) is 0 Å². The van der Waals surface area contributed by atoms with Crippen molar-refractivity contribution >= 4 is 5.91 Å². The molecule has 1 heterocycles. The highest BCUT2D eigenvalue weighted by molar-refractivity contribution is 5.92. The van der Waals surface area contributed by atoms with Crippen LogP contribution in [0.25, 0.3) is 0 Å². The molecular formula is C14H11N3O. The maximum absolute atomic E-state index is 11.9. The quantitative estimate of drug-likeness (QED) is 0.888. The molecule has 0 bridgehead atoms. The summed E-state index contributed by atoms with van der Waals surface area (Å²) in [5, 5.41) is 11.7. The first-order valence-corrected chi connectivity index (χ1v) is 5.47. The number of benzene rings is 1. The maximum atomic E-state index is 11.9. The van der Waals surface area contributed by atoms with Crippen molar-refractivity contribution in [1.29, 1.82) is 5.26 Å². The molecule has 18 heavy (non-hydrogen) atoms. The zero-order valence-corrected chi connectivity index (χ0v) is 9.58. The van der Waals surface area contributed by atoms with Crippen molar-refractivity contribution in [2.45, 2.75) is 6.04 Å². The average molecular weight is 237 g/mol. The van der Waals surface area contributed by atoms with Crippen molar-refractivity contribution in [1.82, 2.24) is 10.3 Å². The smallest absolute Gasteiger partial charge is 0.271 e. The van der Waals surface area contributed by atoms with Crippen LogP contribution >= 0.6 is 0 Å². The van der Waals surface area contributed by atoms with E-state index in [1.807, 2.05) is 18.2 Å². The number of hydrogen-bond acceptors (Lipinski definition) is 3. The molecule has 0 aliphatic rings. The summed E-state index contributed by atoms with van der Waals surface area (Å²) in [6.45, 7) is 0. The fraction of sp³-hybridized carbons (Fsp3) is 0.0714. The topological polar surface area (TPSA) is 65.8 Å². The van der Waals surface area contributed by atoms with Gasteiger partial charge in [-0.2, -0.15) is 5.26 Å². The van der Waals surface area contributed by atoms with Gasteiger partial charge >= 0.3 is 0 Å². The van der Waals surface area contributed by atoms with Gasteiger partial charge in [-0.15, -0.1) is 0 Å². The van der Waals surface area contributed by atoms with Crippen LogP contribution in [-0.4, -0.2) is 10.9 Å². The third-order valence-electron chi connectivity index (χ3n) is 2.43. The number of aromatic nitrogens is 1. The summed E-state index contributed by atoms with van der Waals surface area (Å²) in [5.41, 5.74) is 1.05. The van der Waals surface area contributed by atoms with Crippen LogP contribution in [0.2, 0.25) is 0 Å². The minimum absolute atomic E-state index is 0.300. The van der Waals surface area contributed by atoms with Crippen LogP contribution in [-0.2, 0) is 0 Å². The Morgan fingerprint density at radius 2 is 1.89 bits per heavy atom. The number of carbonyl (C=O) groups excluding carboxylic acids is 1. The van der Waals surface area contributed by atoms with Gasteiger partial charge in [0.2, 0.25) is 0 Å². The van der Waals surface area contributed by atoms with Gasteiger partial charge in [0, 0.05) is 6.20 Å². The van der Waals surface area contributed by atoms with Gasteiger partial charge in [-0.05, 0) is 17.7 Å². The molecule has 1 atom stereocenters. The minimum atomic E-state index is -0.666. The normalized spacial score (nSPS) is 11.3. The molecule has 0 saturated heterocycles. The van der Waals surface area contributed by atoms with E-state index in [9.17, 15) is 4.79 Å². The largest absolute Gasteiger partial charge is 0.331 e. The number of carbonyl (C=O) groups is 1. The Kier molecular flexibility index (Phi) is 3.67. The van der Waals surface area contributed by atoms with Gasteiger partial charge < -0.3 is 5.32 Å². The number of rotatable bonds is 3. The van der Waals surface area contributed by atoms with Crippen LogP contribution in [0.15, 0.2) is 54.7 Å². The Morgan fingerprint density at radius 1 is 1.17 bits per heavy atom. The lowest BCUT2D eigenvalue weighted by atomic mass is 10.1. The molecule has 88 valence electrons. The van der Waals surface area contributed by atoms with E-state index in [1.54, 1.807) is 36.5 Å². The van der Waals surface area contributed by atoms with Gasteiger partial charge in [0.25, 0.3) is 5.91 Å². The lowest BCUT2D eigenvalue weighted by Gasteiger charge is -2.11. The Hall–Kier alpha value is -2.67. The highest BCUT2D eigenvalue weighted by Gasteiger charge is 2.15. The van der Waals surface area contributed by atoms with E-state index in [-0.39, 0.29) is 5.91 Å². The zero-order valence-electron chi connectivity index (χ0n) is 9.58. The van der Waals surface area contributed by atoms with E-state index < -0.39 is 6.04 Å². The molecule has 4 heteroatoms. The molecule has 1 aromatic heterocycles. The van der Waals surface area contributed by atoms with Crippen LogP contribution in [0.5, 0.6) is 0 Å². The lowest BCUT2D eigenvalue weighted by molar-refractivity contribution is 0.0940. The summed E-state index contributed by atoms with van der Waals surface area (Å²) in [5.74, 6) is -0.356. The van der Waals surface area contributed by atoms with Gasteiger partial charge in [0.05, 0.1) is 6.07 Å². The number of nitrogens with one attached hydrogen (secondary N) is 1. The minimum Gasteiger partial charge on any atom is -0.331 e. The molecule has 0 saturated carbocycles. The van der Waals surface area contributed by atoms with Crippen molar-refractivity contribution in [2.24, 2.45) is 0 Å². The molecule has 1 amide bonds. The third kappa shape index (κ3) is 2.71. The Labute approximate surface area is 105 Å². The first-order chi connectivity index (χ1) is 8.81. The molecule has 0 fully saturated rings. The number of amides is 1. The summed E-state index contributed by atoms with van der Waals surface area (Å²) in [4.78, 5) is 15.8. The summed E-state index contributed by atoms with van der Waals surface area (Å²) in [6, 6.07) is 15.6. The van der Waals surface area contributed by atoms with Crippen molar-refractivity contribution in [3.63, 3.8) is 0 Å². The van der Waals surface area contributed by atoms with Crippen LogP contribution in [0.4, 0.5) is 0 Å². The van der Waals surface area contributed by atoms with Gasteiger partial charge in [-0.3, -0.25) is 9.78 Å². The molecule has 1 N–H and O–H groups in total. The first-order valence-electron chi connectivity index (χ1n) is 5.47. The molecule has 1 aromatic carbocycles. The predicted octanol–water partition coefficient (Wildman–Crippen LogP) is 2.08. The fourth-order valence-corrected chi connectivity index (χ4v) is 1.54. The monoisotopic (exact) mass is 237 g/mol. The lowest BCUT2D eigenvalue weighted by Crippen LogP contribution is -2.28. The molecule has 4 nitrogen and oxygen atoms in total. The molecule has 0 radical (unpaired) electrons. The van der Waals surface area contributed by atoms with E-state index in [4.69, 9.17) is 5.26 Å². The van der Waals surface area contributed by atoms with E-state index in [0.29, 0.717) is 5.69 Å². The van der Waals surface area contributed by atoms with E-state index in [2.05, 4.69) is 16.4 Å². The predicted molar refractivity (Wildman–Crippen MR) is 66.5 cm³/mol. The number of hydrogen-bond donors (Lipinski definition) is 1. The van der Waals surface area contributed by atoms with E-state index in [1.165, 1.54) is 0 Å². The van der Waals surface area contributed by atoms with Crippen molar-refractivity contribution in [3.8, 4) is 6.07 Å². The summed E-state index contributed by atoms with van der Waals surface area (Å²) in [7, 11) is 0. The van der Waals surface area contributed by atoms with Crippen LogP contribution in [0.1, 0.15) is 22.1 Å². The Bertz CT molecular complexity index is 561. The summed E-state index contributed by atoms with van der Waals surface area (Å²) < 4.78 is 0. The average Bonchev–Trinajstić information content (AvgIpc) is 2.46. The van der Waals surface area contributed by atoms with Crippen molar-refractivity contribution in [3.05, 3.63) is 66.0 Å². The Morgan fingerprint density at radius 3 is 2.50 bits per heavy atom. The fourth-order valence-electron chi connectivity index (χ4n) is 1.54. The van der Waals surface area contributed by atoms with Gasteiger partial charge in [-0.25, -0.2) is 0 Å². The van der Waals surface area contributed by atoms with Crippen LogP contribution < -0.4 is 5.32 Å². The first kappa shape index (κ1) is 11.8. The second-order valence-corrected chi connectivity index (χ2v) is 3.66. The zero-order chi connectivity index (χ0) is 12.8. The second kappa shape index (κ2) is 5.60. The maximum Gasteiger partial charge on any atom is 0.271 e.